The average Bonchev–Trinajstić information content (AvgIpc) is 3.34. The maximum absolute atomic E-state index is 13.0. The van der Waals surface area contributed by atoms with Crippen molar-refractivity contribution in [2.45, 2.75) is 33.4 Å². The molecule has 0 aliphatic rings. The molecule has 4 aromatic rings. The number of aromatic amines is 1. The van der Waals surface area contributed by atoms with Gasteiger partial charge in [-0.05, 0) is 43.5 Å². The fourth-order valence-electron chi connectivity index (χ4n) is 3.37. The molecule has 29 heavy (non-hydrogen) atoms. The van der Waals surface area contributed by atoms with E-state index >= 15 is 0 Å². The Bertz CT molecular complexity index is 1230. The van der Waals surface area contributed by atoms with Crippen LogP contribution in [0.4, 0.5) is 5.95 Å². The predicted octanol–water partition coefficient (Wildman–Crippen LogP) is 2.74. The Hall–Kier alpha value is -3.68. The Morgan fingerprint density at radius 3 is 2.86 bits per heavy atom. The molecule has 0 atom stereocenters. The molecule has 3 aromatic heterocycles. The third-order valence-electron chi connectivity index (χ3n) is 4.98. The van der Waals surface area contributed by atoms with Gasteiger partial charge in [-0.2, -0.15) is 0 Å². The molecular formula is C21H22N6O2. The number of nitrogens with one attached hydrogen (secondary N) is 2. The number of amides is 1. The van der Waals surface area contributed by atoms with E-state index in [-0.39, 0.29) is 17.1 Å². The molecule has 0 unspecified atom stereocenters. The normalized spacial score (nSPS) is 11.1. The number of aryl methyl sites for hydroxylation is 4. The molecule has 0 spiro atoms. The Kier molecular flexibility index (Phi) is 4.99. The molecule has 1 aromatic carbocycles. The molecule has 1 amide bonds. The number of pyridine rings is 1. The molecule has 8 nitrogen and oxygen atoms in total. The molecule has 148 valence electrons. The third-order valence-corrected chi connectivity index (χ3v) is 4.98. The highest BCUT2D eigenvalue weighted by atomic mass is 16.2. The van der Waals surface area contributed by atoms with Gasteiger partial charge in [-0.3, -0.25) is 19.6 Å². The monoisotopic (exact) mass is 390 g/mol. The SMILES string of the molecule is CCn1cnc(NC(=O)c2c(C)ccn(CCc3c[nH]c4ccccc34)c2=O)n1. The summed E-state index contributed by atoms with van der Waals surface area (Å²) in [5.74, 6) is -0.312. The number of nitrogens with zero attached hydrogens (tertiary/aromatic N) is 4. The summed E-state index contributed by atoms with van der Waals surface area (Å²) in [7, 11) is 0. The Balaban J connectivity index is 1.56. The van der Waals surface area contributed by atoms with Crippen molar-refractivity contribution < 1.29 is 4.79 Å². The third kappa shape index (κ3) is 3.69. The summed E-state index contributed by atoms with van der Waals surface area (Å²) >= 11 is 0. The maximum atomic E-state index is 13.0. The van der Waals surface area contributed by atoms with Gasteiger partial charge in [-0.15, -0.1) is 5.10 Å². The molecule has 0 saturated carbocycles. The van der Waals surface area contributed by atoms with E-state index in [0.29, 0.717) is 25.1 Å². The lowest BCUT2D eigenvalue weighted by Gasteiger charge is -2.10. The molecule has 0 bridgehead atoms. The minimum Gasteiger partial charge on any atom is -0.361 e. The highest BCUT2D eigenvalue weighted by molar-refractivity contribution is 6.04. The van der Waals surface area contributed by atoms with E-state index in [1.54, 1.807) is 28.4 Å². The Morgan fingerprint density at radius 1 is 1.24 bits per heavy atom. The highest BCUT2D eigenvalue weighted by Crippen LogP contribution is 2.18. The van der Waals surface area contributed by atoms with Crippen LogP contribution >= 0.6 is 0 Å². The minimum atomic E-state index is -0.497. The number of anilines is 1. The number of H-pyrrole nitrogens is 1. The zero-order valence-electron chi connectivity index (χ0n) is 16.3. The number of para-hydroxylation sites is 1. The fourth-order valence-corrected chi connectivity index (χ4v) is 3.37. The van der Waals surface area contributed by atoms with E-state index in [1.807, 2.05) is 31.3 Å². The van der Waals surface area contributed by atoms with Gasteiger partial charge in [0.15, 0.2) is 0 Å². The van der Waals surface area contributed by atoms with E-state index in [4.69, 9.17) is 0 Å². The van der Waals surface area contributed by atoms with Crippen LogP contribution in [0.2, 0.25) is 0 Å². The number of fused-ring (bicyclic) bond motifs is 1. The van der Waals surface area contributed by atoms with Crippen molar-refractivity contribution in [1.29, 1.82) is 0 Å². The fraction of sp³-hybridized carbons (Fsp3) is 0.238. The topological polar surface area (TPSA) is 97.6 Å². The van der Waals surface area contributed by atoms with Crippen molar-refractivity contribution in [2.24, 2.45) is 0 Å². The number of carbonyl (C=O) groups is 1. The predicted molar refractivity (Wildman–Crippen MR) is 111 cm³/mol. The number of carbonyl (C=O) groups excluding carboxylic acids is 1. The second kappa shape index (κ2) is 7.75. The number of benzene rings is 1. The molecule has 0 radical (unpaired) electrons. The average molecular weight is 390 g/mol. The summed E-state index contributed by atoms with van der Waals surface area (Å²) in [6, 6.07) is 9.83. The van der Waals surface area contributed by atoms with Crippen LogP contribution in [0.5, 0.6) is 0 Å². The largest absolute Gasteiger partial charge is 0.361 e. The van der Waals surface area contributed by atoms with Gasteiger partial charge in [0.05, 0.1) is 0 Å². The van der Waals surface area contributed by atoms with Crippen LogP contribution < -0.4 is 10.9 Å². The van der Waals surface area contributed by atoms with Gasteiger partial charge in [0.25, 0.3) is 11.5 Å². The summed E-state index contributed by atoms with van der Waals surface area (Å²) in [6.45, 7) is 4.80. The van der Waals surface area contributed by atoms with Crippen molar-refractivity contribution in [3.63, 3.8) is 0 Å². The lowest BCUT2D eigenvalue weighted by molar-refractivity contribution is 0.102. The molecule has 2 N–H and O–H groups in total. The van der Waals surface area contributed by atoms with Crippen LogP contribution in [0, 0.1) is 6.92 Å². The van der Waals surface area contributed by atoms with Crippen LogP contribution in [0.3, 0.4) is 0 Å². The lowest BCUT2D eigenvalue weighted by atomic mass is 10.1. The van der Waals surface area contributed by atoms with Crippen LogP contribution in [0.25, 0.3) is 10.9 Å². The first kappa shape index (κ1) is 18.7. The summed E-state index contributed by atoms with van der Waals surface area (Å²) in [4.78, 5) is 32.9. The zero-order chi connectivity index (χ0) is 20.4. The lowest BCUT2D eigenvalue weighted by Crippen LogP contribution is -2.30. The Morgan fingerprint density at radius 2 is 2.07 bits per heavy atom. The van der Waals surface area contributed by atoms with Gasteiger partial charge in [-0.25, -0.2) is 4.98 Å². The first-order chi connectivity index (χ1) is 14.1. The summed E-state index contributed by atoms with van der Waals surface area (Å²) < 4.78 is 3.18. The van der Waals surface area contributed by atoms with E-state index < -0.39 is 5.91 Å². The summed E-state index contributed by atoms with van der Waals surface area (Å²) in [5, 5.41) is 7.89. The van der Waals surface area contributed by atoms with E-state index in [9.17, 15) is 9.59 Å². The highest BCUT2D eigenvalue weighted by Gasteiger charge is 2.17. The van der Waals surface area contributed by atoms with E-state index in [1.165, 1.54) is 6.33 Å². The minimum absolute atomic E-state index is 0.110. The van der Waals surface area contributed by atoms with Crippen molar-refractivity contribution >= 4 is 22.8 Å². The van der Waals surface area contributed by atoms with Crippen molar-refractivity contribution in [3.05, 3.63) is 76.1 Å². The van der Waals surface area contributed by atoms with Crippen LogP contribution in [0.15, 0.2) is 53.8 Å². The molecule has 0 saturated heterocycles. The van der Waals surface area contributed by atoms with Gasteiger partial charge >= 0.3 is 0 Å². The van der Waals surface area contributed by atoms with Crippen molar-refractivity contribution in [1.82, 2.24) is 24.3 Å². The Labute approximate surface area is 167 Å². The number of aromatic nitrogens is 5. The van der Waals surface area contributed by atoms with Gasteiger partial charge in [0.2, 0.25) is 5.95 Å². The number of hydrogen-bond acceptors (Lipinski definition) is 4. The summed E-state index contributed by atoms with van der Waals surface area (Å²) in [6.07, 6.45) is 5.91. The summed E-state index contributed by atoms with van der Waals surface area (Å²) in [5.41, 5.74) is 2.61. The first-order valence-corrected chi connectivity index (χ1v) is 9.52. The van der Waals surface area contributed by atoms with E-state index in [2.05, 4.69) is 26.4 Å². The van der Waals surface area contributed by atoms with Crippen molar-refractivity contribution in [3.8, 4) is 0 Å². The van der Waals surface area contributed by atoms with Crippen LogP contribution in [-0.4, -0.2) is 30.2 Å². The molecule has 0 fully saturated rings. The van der Waals surface area contributed by atoms with Gasteiger partial charge in [-0.1, -0.05) is 18.2 Å². The standard InChI is InChI=1S/C21H22N6O2/c1-3-27-13-23-21(25-27)24-19(28)18-14(2)8-10-26(20(18)29)11-9-15-12-22-17-7-5-4-6-16(15)17/h4-8,10,12-13,22H,3,9,11H2,1-2H3,(H,24,25,28). The quantitative estimate of drug-likeness (QED) is 0.529. The van der Waals surface area contributed by atoms with Crippen LogP contribution in [0.1, 0.15) is 28.4 Å². The first-order valence-electron chi connectivity index (χ1n) is 9.52. The van der Waals surface area contributed by atoms with Crippen LogP contribution in [-0.2, 0) is 19.5 Å². The molecule has 8 heteroatoms. The molecule has 0 aliphatic carbocycles. The van der Waals surface area contributed by atoms with Gasteiger partial charge in [0, 0.05) is 36.4 Å². The number of rotatable bonds is 6. The van der Waals surface area contributed by atoms with Gasteiger partial charge in [0.1, 0.15) is 11.9 Å². The maximum Gasteiger partial charge on any atom is 0.263 e. The smallest absolute Gasteiger partial charge is 0.263 e. The molecular weight excluding hydrogens is 368 g/mol. The molecule has 0 aliphatic heterocycles. The second-order valence-corrected chi connectivity index (χ2v) is 6.86. The number of hydrogen-bond donors (Lipinski definition) is 2. The zero-order valence-corrected chi connectivity index (χ0v) is 16.3. The molecule has 3 heterocycles. The van der Waals surface area contributed by atoms with Crippen molar-refractivity contribution in [2.75, 3.05) is 5.32 Å². The van der Waals surface area contributed by atoms with Gasteiger partial charge < -0.3 is 9.55 Å². The van der Waals surface area contributed by atoms with E-state index in [0.717, 1.165) is 16.5 Å². The second-order valence-electron chi connectivity index (χ2n) is 6.86. The molecule has 4 rings (SSSR count).